The fraction of sp³-hybridized carbons (Fsp3) is 0.182. The standard InChI is InChI=1S/C44H42N8.Sn.2H/c1-48-19-11-30(12-20-48)41-39-10-9-36(47-39)28-35-6-5-33(45-35)27-34-7-8-37(46-34)29-40-42(31-13-21-49(2)22-14-31)43(32-15-23-50(3)24-16-32)44(41)52(40)38-17-25-51(4)26-18-38;;;/h5-19,21,23,25,27-29,45H,20,22,24,26H2,1-4H3;;;. The van der Waals surface area contributed by atoms with Crippen LogP contribution in [0.3, 0.4) is 0 Å². The van der Waals surface area contributed by atoms with Gasteiger partial charge in [-0.05, 0) is 120 Å². The third-order valence-electron chi connectivity index (χ3n) is 10.2. The van der Waals surface area contributed by atoms with Crippen molar-refractivity contribution in [2.45, 2.75) is 0 Å². The van der Waals surface area contributed by atoms with E-state index in [-0.39, 0.29) is 23.9 Å². The zero-order valence-electron chi connectivity index (χ0n) is 30.8. The average Bonchev–Trinajstić information content (AvgIpc) is 3.95. The Labute approximate surface area is 327 Å². The Morgan fingerprint density at radius 2 is 1.00 bits per heavy atom. The summed E-state index contributed by atoms with van der Waals surface area (Å²) < 4.78 is 2.48. The zero-order chi connectivity index (χ0) is 35.3. The molecule has 2 radical (unpaired) electrons. The summed E-state index contributed by atoms with van der Waals surface area (Å²) in [5.74, 6) is 0. The molecular weight excluding hydrogens is 759 g/mol. The van der Waals surface area contributed by atoms with Gasteiger partial charge in [-0.1, -0.05) is 18.2 Å². The molecule has 264 valence electrons. The third-order valence-corrected chi connectivity index (χ3v) is 10.2. The van der Waals surface area contributed by atoms with Crippen molar-refractivity contribution < 1.29 is 0 Å². The molecule has 0 atom stereocenters. The second kappa shape index (κ2) is 14.2. The summed E-state index contributed by atoms with van der Waals surface area (Å²) in [5, 5.41) is 0. The first-order chi connectivity index (χ1) is 25.4. The maximum atomic E-state index is 5.37. The van der Waals surface area contributed by atoms with E-state index < -0.39 is 0 Å². The van der Waals surface area contributed by atoms with Crippen LogP contribution in [0, 0.1) is 0 Å². The Bertz CT molecular complexity index is 2490. The van der Waals surface area contributed by atoms with Gasteiger partial charge in [0.25, 0.3) is 0 Å². The molecule has 9 rings (SSSR count). The van der Waals surface area contributed by atoms with Crippen LogP contribution < -0.4 is 0 Å². The molecule has 0 aliphatic carbocycles. The van der Waals surface area contributed by atoms with Gasteiger partial charge >= 0.3 is 23.9 Å². The minimum atomic E-state index is 0. The van der Waals surface area contributed by atoms with Gasteiger partial charge in [0.1, 0.15) is 0 Å². The Morgan fingerprint density at radius 1 is 0.509 bits per heavy atom. The van der Waals surface area contributed by atoms with Gasteiger partial charge < -0.3 is 29.2 Å². The molecule has 9 heterocycles. The van der Waals surface area contributed by atoms with E-state index in [0.29, 0.717) is 0 Å². The summed E-state index contributed by atoms with van der Waals surface area (Å²) in [6.45, 7) is 3.25. The van der Waals surface area contributed by atoms with E-state index in [1.54, 1.807) is 0 Å². The third kappa shape index (κ3) is 6.68. The number of aromatic amines is 1. The van der Waals surface area contributed by atoms with Crippen molar-refractivity contribution >= 4 is 92.7 Å². The number of nitrogens with zero attached hydrogens (tertiary/aromatic N) is 7. The molecule has 1 N–H and O–H groups in total. The van der Waals surface area contributed by atoms with Crippen molar-refractivity contribution in [3.05, 3.63) is 143 Å². The van der Waals surface area contributed by atoms with Gasteiger partial charge in [-0.25, -0.2) is 9.97 Å². The van der Waals surface area contributed by atoms with Gasteiger partial charge in [-0.3, -0.25) is 0 Å². The summed E-state index contributed by atoms with van der Waals surface area (Å²) in [6, 6.07) is 10.7. The van der Waals surface area contributed by atoms with Crippen molar-refractivity contribution in [2.75, 3.05) is 54.4 Å². The molecule has 53 heavy (non-hydrogen) atoms. The van der Waals surface area contributed by atoms with Crippen LogP contribution in [0.5, 0.6) is 0 Å². The summed E-state index contributed by atoms with van der Waals surface area (Å²) in [4.78, 5) is 22.9. The molecule has 6 aliphatic rings. The summed E-state index contributed by atoms with van der Waals surface area (Å²) in [7, 11) is 8.48. The molecule has 0 saturated carbocycles. The van der Waals surface area contributed by atoms with Crippen LogP contribution >= 0.6 is 0 Å². The van der Waals surface area contributed by atoms with Crippen LogP contribution in [-0.2, 0) is 0 Å². The number of hydrogen-bond donors (Lipinski definition) is 1. The molecule has 3 aromatic heterocycles. The van der Waals surface area contributed by atoms with E-state index in [9.17, 15) is 0 Å². The fourth-order valence-corrected chi connectivity index (χ4v) is 7.45. The minimum absolute atomic E-state index is 0. The van der Waals surface area contributed by atoms with E-state index in [1.807, 2.05) is 0 Å². The molecule has 9 heteroatoms. The SMILES string of the molecule is CN1C=CC(c2c(C3=CCN(C)C=C3)c3c(C4=CCN(C)C=C4)c4nc(cc5ccc(cc6nc(cc2n3C2=CCN(C)C=C2)C=C6)[nH]5)C=C4)=CC1.[SnH2]. The normalized spacial score (nSPS) is 17.6. The summed E-state index contributed by atoms with van der Waals surface area (Å²) in [6.07, 6.45) is 35.7. The molecule has 0 amide bonds. The quantitative estimate of drug-likeness (QED) is 0.197. The van der Waals surface area contributed by atoms with Gasteiger partial charge in [0.2, 0.25) is 0 Å². The molecule has 0 unspecified atom stereocenters. The second-order valence-electron chi connectivity index (χ2n) is 14.2. The van der Waals surface area contributed by atoms with Gasteiger partial charge in [0.15, 0.2) is 0 Å². The first-order valence-electron chi connectivity index (χ1n) is 17.9. The van der Waals surface area contributed by atoms with E-state index in [0.717, 1.165) is 87.9 Å². The van der Waals surface area contributed by atoms with Crippen molar-refractivity contribution in [2.24, 2.45) is 0 Å². The molecule has 8 bridgehead atoms. The number of rotatable bonds is 4. The summed E-state index contributed by atoms with van der Waals surface area (Å²) >= 11 is 0. The molecule has 0 fully saturated rings. The van der Waals surface area contributed by atoms with Crippen LogP contribution in [-0.4, -0.2) is 117 Å². The molecule has 0 aromatic carbocycles. The number of aromatic nitrogens is 4. The number of nitrogens with one attached hydrogen (secondary N) is 1. The van der Waals surface area contributed by atoms with Crippen molar-refractivity contribution in [1.29, 1.82) is 0 Å². The van der Waals surface area contributed by atoms with Crippen LogP contribution in [0.4, 0.5) is 0 Å². The Balaban J connectivity index is 0.00000400. The molecule has 8 nitrogen and oxygen atoms in total. The number of fused-ring (bicyclic) bond motifs is 8. The Morgan fingerprint density at radius 3 is 1.55 bits per heavy atom. The molecule has 6 aliphatic heterocycles. The van der Waals surface area contributed by atoms with Crippen molar-refractivity contribution in [1.82, 2.24) is 39.1 Å². The molecule has 0 spiro atoms. The number of likely N-dealkylation sites (N-methyl/N-ethyl adjacent to an activating group) is 4. The van der Waals surface area contributed by atoms with E-state index >= 15 is 0 Å². The predicted molar refractivity (Wildman–Crippen MR) is 226 cm³/mol. The number of H-pyrrole nitrogens is 1. The van der Waals surface area contributed by atoms with Crippen LogP contribution in [0.1, 0.15) is 39.5 Å². The number of hydrogen-bond acceptors (Lipinski definition) is 6. The van der Waals surface area contributed by atoms with Crippen LogP contribution in [0.15, 0.2) is 104 Å². The molecular formula is C44H44N8Sn. The van der Waals surface area contributed by atoms with E-state index in [2.05, 4.69) is 185 Å². The first-order valence-corrected chi connectivity index (χ1v) is 17.9. The topological polar surface area (TPSA) is 59.5 Å². The van der Waals surface area contributed by atoms with Crippen LogP contribution in [0.2, 0.25) is 0 Å². The Kier molecular flexibility index (Phi) is 9.24. The monoisotopic (exact) mass is 804 g/mol. The fourth-order valence-electron chi connectivity index (χ4n) is 7.45. The van der Waals surface area contributed by atoms with E-state index in [1.165, 1.54) is 22.3 Å². The first kappa shape index (κ1) is 34.6. The zero-order valence-corrected chi connectivity index (χ0v) is 34.8. The number of allylic oxidation sites excluding steroid dienone is 8. The van der Waals surface area contributed by atoms with Crippen LogP contribution in [0.25, 0.3) is 68.8 Å². The summed E-state index contributed by atoms with van der Waals surface area (Å²) in [5.41, 5.74) is 16.0. The average molecular weight is 804 g/mol. The van der Waals surface area contributed by atoms with Crippen molar-refractivity contribution in [3.63, 3.8) is 0 Å². The van der Waals surface area contributed by atoms with Gasteiger partial charge in [-0.15, -0.1) is 0 Å². The predicted octanol–water partition coefficient (Wildman–Crippen LogP) is 7.04. The van der Waals surface area contributed by atoms with Gasteiger partial charge in [0.05, 0.1) is 33.8 Å². The van der Waals surface area contributed by atoms with Gasteiger partial charge in [0, 0.05) is 94.0 Å². The molecule has 0 saturated heterocycles. The van der Waals surface area contributed by atoms with E-state index in [4.69, 9.17) is 9.97 Å². The second-order valence-corrected chi connectivity index (χ2v) is 14.2. The van der Waals surface area contributed by atoms with Gasteiger partial charge in [-0.2, -0.15) is 0 Å². The van der Waals surface area contributed by atoms with Crippen molar-refractivity contribution in [3.8, 4) is 0 Å². The maximum absolute atomic E-state index is 5.37. The Hall–Kier alpha value is -5.48. The molecule has 3 aromatic rings.